The number of aromatic nitrogens is 2. The number of benzene rings is 2. The summed E-state index contributed by atoms with van der Waals surface area (Å²) in [5.74, 6) is 1.21. The van der Waals surface area contributed by atoms with E-state index in [1.54, 1.807) is 36.4 Å². The summed E-state index contributed by atoms with van der Waals surface area (Å²) in [7, 11) is -1.66. The Morgan fingerprint density at radius 2 is 1.72 bits per heavy atom. The first kappa shape index (κ1) is 23.2. The number of hydrogen-bond acceptors (Lipinski definition) is 9. The van der Waals surface area contributed by atoms with Crippen LogP contribution in [0.5, 0.6) is 5.75 Å². The number of furan rings is 1. The Bertz CT molecular complexity index is 1540. The van der Waals surface area contributed by atoms with Crippen LogP contribution in [0.4, 0.5) is 5.82 Å². The summed E-state index contributed by atoms with van der Waals surface area (Å²) < 4.78 is 39.9. The number of aromatic hydroxyl groups is 1. The van der Waals surface area contributed by atoms with E-state index in [2.05, 4.69) is 9.80 Å². The number of sulfonamides is 1. The lowest BCUT2D eigenvalue weighted by Crippen LogP contribution is -2.46. The van der Waals surface area contributed by atoms with E-state index in [-0.39, 0.29) is 10.6 Å². The van der Waals surface area contributed by atoms with E-state index in [9.17, 15) is 13.5 Å². The number of piperazine rings is 1. The summed E-state index contributed by atoms with van der Waals surface area (Å²) >= 11 is 0. The van der Waals surface area contributed by atoms with Gasteiger partial charge in [0.05, 0.1) is 18.1 Å². The average Bonchev–Trinajstić information content (AvgIpc) is 3.27. The Hall–Kier alpha value is -3.25. The maximum Gasteiger partial charge on any atom is 0.243 e. The molecule has 0 saturated carbocycles. The Kier molecular flexibility index (Phi) is 5.79. The van der Waals surface area contributed by atoms with E-state index < -0.39 is 10.0 Å². The Balaban J connectivity index is 1.49. The third-order valence-electron chi connectivity index (χ3n) is 6.78. The number of phenols is 1. The van der Waals surface area contributed by atoms with Gasteiger partial charge in [0.2, 0.25) is 10.0 Å². The van der Waals surface area contributed by atoms with Gasteiger partial charge in [-0.3, -0.25) is 0 Å². The smallest absolute Gasteiger partial charge is 0.243 e. The normalized spacial score (nSPS) is 18.3. The molecule has 0 radical (unpaired) electrons. The largest absolute Gasteiger partial charge is 0.508 e. The van der Waals surface area contributed by atoms with Gasteiger partial charge in [0.15, 0.2) is 17.2 Å². The number of likely N-dealkylation sites (N-methyl/N-ethyl adjacent to an activating group) is 1. The Labute approximate surface area is 208 Å². The highest BCUT2D eigenvalue weighted by Crippen LogP contribution is 2.36. The van der Waals surface area contributed by atoms with Crippen LogP contribution in [0.1, 0.15) is 0 Å². The summed E-state index contributed by atoms with van der Waals surface area (Å²) in [6, 6.07) is 11.8. The molecule has 0 amide bonds. The molecule has 1 N–H and O–H groups in total. The molecule has 2 aromatic carbocycles. The molecule has 0 spiro atoms. The number of anilines is 1. The molecule has 2 aliphatic heterocycles. The van der Waals surface area contributed by atoms with Crippen LogP contribution in [0.25, 0.3) is 33.5 Å². The standard InChI is InChI=1S/C25H27N5O5S/c1-28-7-9-30(10-8-28)36(32,33)19-5-6-20-21(16-19)35-23-22(20)26-24(17-3-2-4-18(31)15-17)27-25(23)29-11-13-34-14-12-29/h2-6,15-16,31H,7-14H2,1H3. The zero-order chi connectivity index (χ0) is 24.9. The number of hydrogen-bond donors (Lipinski definition) is 1. The number of morpholine rings is 1. The fourth-order valence-electron chi connectivity index (χ4n) is 4.71. The molecule has 4 aromatic rings. The molecule has 188 valence electrons. The van der Waals surface area contributed by atoms with Gasteiger partial charge >= 0.3 is 0 Å². The summed E-state index contributed by atoms with van der Waals surface area (Å²) in [4.78, 5) is 14.0. The Morgan fingerprint density at radius 1 is 0.944 bits per heavy atom. The first-order valence-corrected chi connectivity index (χ1v) is 13.4. The molecule has 6 rings (SSSR count). The molecule has 0 atom stereocenters. The molecule has 0 bridgehead atoms. The van der Waals surface area contributed by atoms with Crippen molar-refractivity contribution >= 4 is 37.9 Å². The molecule has 2 fully saturated rings. The predicted molar refractivity (Wildman–Crippen MR) is 136 cm³/mol. The average molecular weight is 510 g/mol. The first-order chi connectivity index (χ1) is 17.4. The van der Waals surface area contributed by atoms with Crippen LogP contribution in [0.2, 0.25) is 0 Å². The summed E-state index contributed by atoms with van der Waals surface area (Å²) in [6.07, 6.45) is 0. The first-order valence-electron chi connectivity index (χ1n) is 12.0. The van der Waals surface area contributed by atoms with Gasteiger partial charge in [-0.05, 0) is 31.3 Å². The van der Waals surface area contributed by atoms with Gasteiger partial charge in [-0.15, -0.1) is 0 Å². The lowest BCUT2D eigenvalue weighted by molar-refractivity contribution is 0.122. The molecule has 2 saturated heterocycles. The highest BCUT2D eigenvalue weighted by atomic mass is 32.2. The zero-order valence-electron chi connectivity index (χ0n) is 19.9. The number of nitrogens with zero attached hydrogens (tertiary/aromatic N) is 5. The zero-order valence-corrected chi connectivity index (χ0v) is 20.7. The molecule has 10 nitrogen and oxygen atoms in total. The van der Waals surface area contributed by atoms with Gasteiger partial charge in [0.25, 0.3) is 0 Å². The molecule has 2 aromatic heterocycles. The summed E-state index contributed by atoms with van der Waals surface area (Å²) in [5.41, 5.74) is 2.22. The van der Waals surface area contributed by atoms with Crippen molar-refractivity contribution in [2.24, 2.45) is 0 Å². The molecule has 36 heavy (non-hydrogen) atoms. The van der Waals surface area contributed by atoms with Crippen LogP contribution < -0.4 is 4.90 Å². The summed E-state index contributed by atoms with van der Waals surface area (Å²) in [6.45, 7) is 4.73. The quantitative estimate of drug-likeness (QED) is 0.443. The van der Waals surface area contributed by atoms with E-state index in [4.69, 9.17) is 19.1 Å². The minimum absolute atomic E-state index is 0.125. The minimum Gasteiger partial charge on any atom is -0.508 e. The van der Waals surface area contributed by atoms with E-state index in [1.807, 2.05) is 13.1 Å². The molecule has 11 heteroatoms. The van der Waals surface area contributed by atoms with Crippen molar-refractivity contribution in [2.45, 2.75) is 4.90 Å². The second-order valence-electron chi connectivity index (χ2n) is 9.17. The van der Waals surface area contributed by atoms with E-state index in [0.717, 1.165) is 0 Å². The topological polar surface area (TPSA) is 112 Å². The van der Waals surface area contributed by atoms with Crippen LogP contribution in [0.15, 0.2) is 51.8 Å². The van der Waals surface area contributed by atoms with Crippen LogP contribution in [-0.2, 0) is 14.8 Å². The Morgan fingerprint density at radius 3 is 2.47 bits per heavy atom. The van der Waals surface area contributed by atoms with Crippen LogP contribution >= 0.6 is 0 Å². The van der Waals surface area contributed by atoms with Crippen molar-refractivity contribution in [3.63, 3.8) is 0 Å². The number of phenolic OH excluding ortho intramolecular Hbond substituents is 1. The molecule has 2 aliphatic rings. The van der Waals surface area contributed by atoms with E-state index in [1.165, 1.54) is 4.31 Å². The molecule has 0 unspecified atom stereocenters. The van der Waals surface area contributed by atoms with E-state index >= 15 is 0 Å². The van der Waals surface area contributed by atoms with Crippen molar-refractivity contribution in [2.75, 3.05) is 64.4 Å². The highest BCUT2D eigenvalue weighted by Gasteiger charge is 2.29. The van der Waals surface area contributed by atoms with Crippen molar-refractivity contribution in [1.82, 2.24) is 19.2 Å². The van der Waals surface area contributed by atoms with Gasteiger partial charge in [-0.2, -0.15) is 4.31 Å². The van der Waals surface area contributed by atoms with Crippen LogP contribution in [-0.4, -0.2) is 92.2 Å². The SMILES string of the molecule is CN1CCN(S(=O)(=O)c2ccc3c(c2)oc2c(N4CCOCC4)nc(-c4cccc(O)c4)nc23)CC1. The monoisotopic (exact) mass is 509 g/mol. The number of ether oxygens (including phenoxy) is 1. The maximum atomic E-state index is 13.3. The van der Waals surface area contributed by atoms with Gasteiger partial charge < -0.3 is 24.1 Å². The van der Waals surface area contributed by atoms with Crippen molar-refractivity contribution in [1.29, 1.82) is 0 Å². The second kappa shape index (κ2) is 9.00. The predicted octanol–water partition coefficient (Wildman–Crippen LogP) is 2.52. The fraction of sp³-hybridized carbons (Fsp3) is 0.360. The number of fused-ring (bicyclic) bond motifs is 3. The van der Waals surface area contributed by atoms with E-state index in [0.29, 0.717) is 91.8 Å². The van der Waals surface area contributed by atoms with Gasteiger partial charge in [0, 0.05) is 56.3 Å². The summed E-state index contributed by atoms with van der Waals surface area (Å²) in [5, 5.41) is 10.7. The van der Waals surface area contributed by atoms with Gasteiger partial charge in [0.1, 0.15) is 16.8 Å². The van der Waals surface area contributed by atoms with Crippen LogP contribution in [0, 0.1) is 0 Å². The molecule has 0 aliphatic carbocycles. The third kappa shape index (κ3) is 4.07. The fourth-order valence-corrected chi connectivity index (χ4v) is 6.15. The molecular formula is C25H27N5O5S. The second-order valence-corrected chi connectivity index (χ2v) is 11.1. The highest BCUT2D eigenvalue weighted by molar-refractivity contribution is 7.89. The molecule has 4 heterocycles. The van der Waals surface area contributed by atoms with Crippen molar-refractivity contribution in [3.05, 3.63) is 42.5 Å². The third-order valence-corrected chi connectivity index (χ3v) is 8.68. The van der Waals surface area contributed by atoms with Crippen LogP contribution in [0.3, 0.4) is 0 Å². The van der Waals surface area contributed by atoms with Crippen molar-refractivity contribution < 1.29 is 22.7 Å². The molecular weight excluding hydrogens is 482 g/mol. The number of rotatable bonds is 4. The van der Waals surface area contributed by atoms with Gasteiger partial charge in [-0.25, -0.2) is 18.4 Å². The lowest BCUT2D eigenvalue weighted by Gasteiger charge is -2.31. The minimum atomic E-state index is -3.64. The van der Waals surface area contributed by atoms with Gasteiger partial charge in [-0.1, -0.05) is 12.1 Å². The maximum absolute atomic E-state index is 13.3. The lowest BCUT2D eigenvalue weighted by atomic mass is 10.2. The van der Waals surface area contributed by atoms with Crippen molar-refractivity contribution in [3.8, 4) is 17.1 Å².